The molecular weight excluding hydrogens is 376 g/mol. The van der Waals surface area contributed by atoms with Crippen LogP contribution >= 0.6 is 0 Å². The SMILES string of the molecule is CCOC(=O)c1c(-c2ccccc2)n(C(=O)OC)c2ccc(NC(=O)OC)cc12. The first-order valence-corrected chi connectivity index (χ1v) is 8.86. The molecule has 0 bridgehead atoms. The maximum absolute atomic E-state index is 12.9. The molecule has 0 saturated carbocycles. The average molecular weight is 396 g/mol. The molecule has 0 aliphatic heterocycles. The number of methoxy groups -OCH3 is 2. The summed E-state index contributed by atoms with van der Waals surface area (Å²) in [5.74, 6) is -0.589. The van der Waals surface area contributed by atoms with Gasteiger partial charge in [0, 0.05) is 11.1 Å². The summed E-state index contributed by atoms with van der Waals surface area (Å²) < 4.78 is 16.1. The van der Waals surface area contributed by atoms with E-state index in [-0.39, 0.29) is 12.2 Å². The summed E-state index contributed by atoms with van der Waals surface area (Å²) in [4.78, 5) is 37.1. The van der Waals surface area contributed by atoms with Crippen LogP contribution in [0.25, 0.3) is 22.2 Å². The molecule has 2 aromatic carbocycles. The highest BCUT2D eigenvalue weighted by Gasteiger charge is 2.28. The van der Waals surface area contributed by atoms with Gasteiger partial charge in [-0.25, -0.2) is 19.0 Å². The summed E-state index contributed by atoms with van der Waals surface area (Å²) in [6.45, 7) is 1.86. The Hall–Kier alpha value is -3.81. The van der Waals surface area contributed by atoms with Crippen molar-refractivity contribution in [2.24, 2.45) is 0 Å². The number of hydrogen-bond acceptors (Lipinski definition) is 6. The molecule has 8 nitrogen and oxygen atoms in total. The molecule has 1 aromatic heterocycles. The van der Waals surface area contributed by atoms with Crippen LogP contribution in [0.3, 0.4) is 0 Å². The van der Waals surface area contributed by atoms with Crippen LogP contribution in [0, 0.1) is 0 Å². The molecule has 150 valence electrons. The van der Waals surface area contributed by atoms with Gasteiger partial charge < -0.3 is 14.2 Å². The number of esters is 1. The fraction of sp³-hybridized carbons (Fsp3) is 0.190. The number of hydrogen-bond donors (Lipinski definition) is 1. The van der Waals surface area contributed by atoms with Gasteiger partial charge in [-0.05, 0) is 30.7 Å². The van der Waals surface area contributed by atoms with Crippen LogP contribution < -0.4 is 5.32 Å². The molecule has 0 radical (unpaired) electrons. The first-order valence-electron chi connectivity index (χ1n) is 8.86. The smallest absolute Gasteiger partial charge is 0.418 e. The number of benzene rings is 2. The van der Waals surface area contributed by atoms with E-state index >= 15 is 0 Å². The van der Waals surface area contributed by atoms with Crippen molar-refractivity contribution in [1.29, 1.82) is 0 Å². The number of amides is 1. The number of ether oxygens (including phenoxy) is 3. The summed E-state index contributed by atoms with van der Waals surface area (Å²) in [6, 6.07) is 13.8. The zero-order chi connectivity index (χ0) is 21.0. The molecule has 1 heterocycles. The van der Waals surface area contributed by atoms with Crippen molar-refractivity contribution in [2.45, 2.75) is 6.92 Å². The van der Waals surface area contributed by atoms with Crippen LogP contribution in [-0.4, -0.2) is 43.5 Å². The number of rotatable bonds is 4. The van der Waals surface area contributed by atoms with Crippen molar-refractivity contribution >= 4 is 34.7 Å². The van der Waals surface area contributed by atoms with Crippen molar-refractivity contribution < 1.29 is 28.6 Å². The Morgan fingerprint density at radius 2 is 1.72 bits per heavy atom. The van der Waals surface area contributed by atoms with Gasteiger partial charge in [0.2, 0.25) is 0 Å². The second-order valence-electron chi connectivity index (χ2n) is 5.96. The lowest BCUT2D eigenvalue weighted by molar-refractivity contribution is 0.0529. The van der Waals surface area contributed by atoms with E-state index in [4.69, 9.17) is 9.47 Å². The number of fused-ring (bicyclic) bond motifs is 1. The summed E-state index contributed by atoms with van der Waals surface area (Å²) in [5.41, 5.74) is 2.03. The monoisotopic (exact) mass is 396 g/mol. The third kappa shape index (κ3) is 3.77. The Morgan fingerprint density at radius 3 is 2.34 bits per heavy atom. The highest BCUT2D eigenvalue weighted by atomic mass is 16.5. The lowest BCUT2D eigenvalue weighted by atomic mass is 10.0. The third-order valence-electron chi connectivity index (χ3n) is 4.28. The van der Waals surface area contributed by atoms with Crippen molar-refractivity contribution in [2.75, 3.05) is 26.1 Å². The molecule has 1 N–H and O–H groups in total. The van der Waals surface area contributed by atoms with Crippen LogP contribution in [-0.2, 0) is 14.2 Å². The molecule has 29 heavy (non-hydrogen) atoms. The fourth-order valence-electron chi connectivity index (χ4n) is 3.10. The minimum atomic E-state index is -0.655. The van der Waals surface area contributed by atoms with E-state index in [0.29, 0.717) is 27.8 Å². The van der Waals surface area contributed by atoms with Crippen LogP contribution in [0.1, 0.15) is 17.3 Å². The zero-order valence-corrected chi connectivity index (χ0v) is 16.2. The number of aromatic nitrogens is 1. The largest absolute Gasteiger partial charge is 0.462 e. The molecule has 0 saturated heterocycles. The Bertz CT molecular complexity index is 1070. The number of anilines is 1. The van der Waals surface area contributed by atoms with Gasteiger partial charge in [-0.2, -0.15) is 0 Å². The second kappa shape index (κ2) is 8.47. The molecule has 0 fully saturated rings. The van der Waals surface area contributed by atoms with Gasteiger partial charge in [0.1, 0.15) is 0 Å². The molecule has 0 aliphatic rings. The topological polar surface area (TPSA) is 95.9 Å². The Morgan fingerprint density at radius 1 is 1.00 bits per heavy atom. The van der Waals surface area contributed by atoms with Crippen LogP contribution in [0.2, 0.25) is 0 Å². The zero-order valence-electron chi connectivity index (χ0n) is 16.2. The predicted molar refractivity (Wildman–Crippen MR) is 107 cm³/mol. The lowest BCUT2D eigenvalue weighted by Gasteiger charge is -2.10. The Balaban J connectivity index is 2.37. The van der Waals surface area contributed by atoms with Gasteiger partial charge in [-0.3, -0.25) is 5.32 Å². The van der Waals surface area contributed by atoms with E-state index in [1.807, 2.05) is 6.07 Å². The molecule has 3 aromatic rings. The molecule has 3 rings (SSSR count). The molecule has 1 amide bonds. The van der Waals surface area contributed by atoms with E-state index in [2.05, 4.69) is 10.1 Å². The van der Waals surface area contributed by atoms with E-state index in [9.17, 15) is 14.4 Å². The summed E-state index contributed by atoms with van der Waals surface area (Å²) >= 11 is 0. The maximum atomic E-state index is 12.9. The van der Waals surface area contributed by atoms with Crippen molar-refractivity contribution in [3.63, 3.8) is 0 Å². The number of carbonyl (C=O) groups is 3. The molecule has 0 spiro atoms. The Kier molecular flexibility index (Phi) is 5.82. The molecule has 8 heteroatoms. The molecular formula is C21H20N2O6. The normalized spacial score (nSPS) is 10.4. The van der Waals surface area contributed by atoms with E-state index in [1.54, 1.807) is 49.4 Å². The maximum Gasteiger partial charge on any atom is 0.418 e. The van der Waals surface area contributed by atoms with E-state index < -0.39 is 18.2 Å². The standard InChI is InChI=1S/C21H20N2O6/c1-4-29-19(24)17-15-12-14(22-20(25)27-2)10-11-16(15)23(21(26)28-3)18(17)13-8-6-5-7-9-13/h5-12H,4H2,1-3H3,(H,22,25). The second-order valence-corrected chi connectivity index (χ2v) is 5.96. The van der Waals surface area contributed by atoms with Crippen LogP contribution in [0.5, 0.6) is 0 Å². The molecule has 0 unspecified atom stereocenters. The van der Waals surface area contributed by atoms with Gasteiger partial charge in [0.15, 0.2) is 0 Å². The molecule has 0 aliphatic carbocycles. The van der Waals surface area contributed by atoms with Gasteiger partial charge in [-0.15, -0.1) is 0 Å². The Labute approximate surface area is 167 Å². The minimum Gasteiger partial charge on any atom is -0.462 e. The first kappa shape index (κ1) is 19.9. The van der Waals surface area contributed by atoms with Gasteiger partial charge in [-0.1, -0.05) is 30.3 Å². The van der Waals surface area contributed by atoms with Gasteiger partial charge >= 0.3 is 18.2 Å². The highest BCUT2D eigenvalue weighted by molar-refractivity contribution is 6.14. The van der Waals surface area contributed by atoms with Crippen molar-refractivity contribution in [3.8, 4) is 11.3 Å². The van der Waals surface area contributed by atoms with Gasteiger partial charge in [0.05, 0.1) is 37.6 Å². The van der Waals surface area contributed by atoms with Crippen molar-refractivity contribution in [3.05, 3.63) is 54.1 Å². The van der Waals surface area contributed by atoms with E-state index in [0.717, 1.165) is 0 Å². The fourth-order valence-corrected chi connectivity index (χ4v) is 3.10. The third-order valence-corrected chi connectivity index (χ3v) is 4.28. The molecule has 0 atom stereocenters. The quantitative estimate of drug-likeness (QED) is 0.522. The average Bonchev–Trinajstić information content (AvgIpc) is 3.08. The van der Waals surface area contributed by atoms with Crippen LogP contribution in [0.15, 0.2) is 48.5 Å². The lowest BCUT2D eigenvalue weighted by Crippen LogP contribution is -2.14. The predicted octanol–water partition coefficient (Wildman–Crippen LogP) is 4.28. The minimum absolute atomic E-state index is 0.165. The van der Waals surface area contributed by atoms with Crippen LogP contribution in [0.4, 0.5) is 15.3 Å². The number of nitrogens with one attached hydrogen (secondary N) is 1. The summed E-state index contributed by atoms with van der Waals surface area (Å²) in [6.07, 6.45) is -1.31. The highest BCUT2D eigenvalue weighted by Crippen LogP contribution is 2.36. The first-order chi connectivity index (χ1) is 14.0. The number of nitrogens with zero attached hydrogens (tertiary/aromatic N) is 1. The van der Waals surface area contributed by atoms with Crippen molar-refractivity contribution in [1.82, 2.24) is 4.57 Å². The van der Waals surface area contributed by atoms with Gasteiger partial charge in [0.25, 0.3) is 0 Å². The summed E-state index contributed by atoms with van der Waals surface area (Å²) in [7, 11) is 2.51. The summed E-state index contributed by atoms with van der Waals surface area (Å²) in [5, 5.41) is 2.99. The number of carbonyl (C=O) groups excluding carboxylic acids is 3. The van der Waals surface area contributed by atoms with E-state index in [1.165, 1.54) is 18.8 Å².